The number of nitrogen functional groups attached to an aromatic ring is 1. The van der Waals surface area contributed by atoms with E-state index in [-0.39, 0.29) is 5.92 Å². The SMILES string of the molecule is CCC(C)CN(CC)C(=O)c1c(F)ccc([N+](=O)[O-])c1N. The van der Waals surface area contributed by atoms with Gasteiger partial charge in [-0.25, -0.2) is 4.39 Å². The van der Waals surface area contributed by atoms with E-state index in [0.29, 0.717) is 13.1 Å². The van der Waals surface area contributed by atoms with Crippen LogP contribution in [0.15, 0.2) is 12.1 Å². The van der Waals surface area contributed by atoms with Crippen LogP contribution >= 0.6 is 0 Å². The molecule has 0 saturated carbocycles. The summed E-state index contributed by atoms with van der Waals surface area (Å²) in [6.45, 7) is 6.57. The van der Waals surface area contributed by atoms with Crippen molar-refractivity contribution in [3.05, 3.63) is 33.6 Å². The van der Waals surface area contributed by atoms with E-state index in [2.05, 4.69) is 0 Å². The highest BCUT2D eigenvalue weighted by molar-refractivity contribution is 6.01. The maximum atomic E-state index is 13.9. The molecule has 6 nitrogen and oxygen atoms in total. The molecule has 2 N–H and O–H groups in total. The standard InChI is InChI=1S/C14H20FN3O3/c1-4-9(3)8-17(5-2)14(19)12-10(15)6-7-11(13(12)16)18(20)21/h6-7,9H,4-5,8,16H2,1-3H3. The second kappa shape index (κ2) is 7.01. The highest BCUT2D eigenvalue weighted by Gasteiger charge is 2.27. The average molecular weight is 297 g/mol. The maximum absolute atomic E-state index is 13.9. The van der Waals surface area contributed by atoms with Gasteiger partial charge in [0.05, 0.1) is 4.92 Å². The minimum absolute atomic E-state index is 0.247. The van der Waals surface area contributed by atoms with Gasteiger partial charge in [-0.05, 0) is 18.9 Å². The third-order valence-electron chi connectivity index (χ3n) is 3.48. The van der Waals surface area contributed by atoms with Crippen LogP contribution in [0, 0.1) is 21.8 Å². The first-order valence-electron chi connectivity index (χ1n) is 6.85. The summed E-state index contributed by atoms with van der Waals surface area (Å²) in [6.07, 6.45) is 0.872. The van der Waals surface area contributed by atoms with Gasteiger partial charge in [-0.15, -0.1) is 0 Å². The van der Waals surface area contributed by atoms with Crippen LogP contribution in [0.25, 0.3) is 0 Å². The summed E-state index contributed by atoms with van der Waals surface area (Å²) in [7, 11) is 0. The quantitative estimate of drug-likeness (QED) is 0.496. The fourth-order valence-electron chi connectivity index (χ4n) is 1.98. The summed E-state index contributed by atoms with van der Waals surface area (Å²) in [4.78, 5) is 24.0. The number of hydrogen-bond acceptors (Lipinski definition) is 4. The lowest BCUT2D eigenvalue weighted by Crippen LogP contribution is -2.35. The molecule has 1 aromatic rings. The fraction of sp³-hybridized carbons (Fsp3) is 0.500. The molecule has 0 bridgehead atoms. The second-order valence-electron chi connectivity index (χ2n) is 4.97. The summed E-state index contributed by atoms with van der Waals surface area (Å²) in [5.74, 6) is -1.21. The van der Waals surface area contributed by atoms with Crippen LogP contribution in [-0.4, -0.2) is 28.8 Å². The molecular formula is C14H20FN3O3. The number of rotatable bonds is 6. The van der Waals surface area contributed by atoms with Crippen molar-refractivity contribution < 1.29 is 14.1 Å². The van der Waals surface area contributed by atoms with Crippen LogP contribution in [0.4, 0.5) is 15.8 Å². The minimum atomic E-state index is -0.842. The highest BCUT2D eigenvalue weighted by atomic mass is 19.1. The van der Waals surface area contributed by atoms with Crippen molar-refractivity contribution in [2.75, 3.05) is 18.8 Å². The molecular weight excluding hydrogens is 277 g/mol. The number of nitro groups is 1. The molecule has 0 aliphatic carbocycles. The topological polar surface area (TPSA) is 89.5 Å². The molecule has 1 amide bonds. The number of nitro benzene ring substituents is 1. The molecule has 0 heterocycles. The third-order valence-corrected chi connectivity index (χ3v) is 3.48. The van der Waals surface area contributed by atoms with Crippen LogP contribution in [0.3, 0.4) is 0 Å². The first-order valence-corrected chi connectivity index (χ1v) is 6.85. The van der Waals surface area contributed by atoms with E-state index in [4.69, 9.17) is 5.73 Å². The zero-order valence-corrected chi connectivity index (χ0v) is 12.4. The van der Waals surface area contributed by atoms with E-state index in [1.165, 1.54) is 4.90 Å². The minimum Gasteiger partial charge on any atom is -0.392 e. The Morgan fingerprint density at radius 1 is 1.48 bits per heavy atom. The molecule has 21 heavy (non-hydrogen) atoms. The van der Waals surface area contributed by atoms with Gasteiger partial charge in [0.15, 0.2) is 0 Å². The van der Waals surface area contributed by atoms with Gasteiger partial charge in [0, 0.05) is 19.2 Å². The van der Waals surface area contributed by atoms with Crippen LogP contribution in [0.2, 0.25) is 0 Å². The Hall–Kier alpha value is -2.18. The lowest BCUT2D eigenvalue weighted by atomic mass is 10.1. The maximum Gasteiger partial charge on any atom is 0.293 e. The van der Waals surface area contributed by atoms with Gasteiger partial charge in [-0.3, -0.25) is 14.9 Å². The van der Waals surface area contributed by atoms with Crippen LogP contribution in [0.5, 0.6) is 0 Å². The number of nitrogens with zero attached hydrogens (tertiary/aromatic N) is 2. The van der Waals surface area contributed by atoms with E-state index in [9.17, 15) is 19.3 Å². The molecule has 0 spiro atoms. The highest BCUT2D eigenvalue weighted by Crippen LogP contribution is 2.28. The van der Waals surface area contributed by atoms with Gasteiger partial charge in [0.25, 0.3) is 11.6 Å². The monoisotopic (exact) mass is 297 g/mol. The Kier molecular flexibility index (Phi) is 5.63. The summed E-state index contributed by atoms with van der Waals surface area (Å²) in [6, 6.07) is 1.87. The molecule has 0 aromatic heterocycles. The van der Waals surface area contributed by atoms with Crippen molar-refractivity contribution in [2.45, 2.75) is 27.2 Å². The fourth-order valence-corrected chi connectivity index (χ4v) is 1.98. The Morgan fingerprint density at radius 3 is 2.57 bits per heavy atom. The summed E-state index contributed by atoms with van der Waals surface area (Å²) in [5, 5.41) is 10.8. The zero-order chi connectivity index (χ0) is 16.2. The van der Waals surface area contributed by atoms with Gasteiger partial charge < -0.3 is 10.6 Å². The largest absolute Gasteiger partial charge is 0.392 e. The molecule has 1 aromatic carbocycles. The normalized spacial score (nSPS) is 12.0. The first kappa shape index (κ1) is 16.9. The summed E-state index contributed by atoms with van der Waals surface area (Å²) in [5.41, 5.74) is 4.31. The van der Waals surface area contributed by atoms with Crippen molar-refractivity contribution in [3.63, 3.8) is 0 Å². The molecule has 0 fully saturated rings. The predicted octanol–water partition coefficient (Wildman–Crippen LogP) is 2.82. The summed E-state index contributed by atoms with van der Waals surface area (Å²) < 4.78 is 13.9. The Morgan fingerprint density at radius 2 is 2.10 bits per heavy atom. The number of carbonyl (C=O) groups is 1. The molecule has 116 valence electrons. The molecule has 0 aliphatic heterocycles. The molecule has 1 rings (SSSR count). The van der Waals surface area contributed by atoms with Gasteiger partial charge in [-0.2, -0.15) is 0 Å². The van der Waals surface area contributed by atoms with Crippen LogP contribution < -0.4 is 5.73 Å². The first-order chi connectivity index (χ1) is 9.83. The summed E-state index contributed by atoms with van der Waals surface area (Å²) >= 11 is 0. The van der Waals surface area contributed by atoms with Crippen molar-refractivity contribution in [1.82, 2.24) is 4.90 Å². The van der Waals surface area contributed by atoms with Gasteiger partial charge >= 0.3 is 0 Å². The molecule has 1 unspecified atom stereocenters. The van der Waals surface area contributed by atoms with Crippen LogP contribution in [-0.2, 0) is 0 Å². The van der Waals surface area contributed by atoms with E-state index >= 15 is 0 Å². The lowest BCUT2D eigenvalue weighted by molar-refractivity contribution is -0.384. The van der Waals surface area contributed by atoms with Gasteiger partial charge in [0.1, 0.15) is 17.1 Å². The van der Waals surface area contributed by atoms with Crippen molar-refractivity contribution in [1.29, 1.82) is 0 Å². The van der Waals surface area contributed by atoms with Crippen molar-refractivity contribution in [3.8, 4) is 0 Å². The van der Waals surface area contributed by atoms with E-state index < -0.39 is 33.6 Å². The van der Waals surface area contributed by atoms with Gasteiger partial charge in [0.2, 0.25) is 0 Å². The Bertz CT molecular complexity index is 549. The molecule has 0 saturated heterocycles. The van der Waals surface area contributed by atoms with E-state index in [1.807, 2.05) is 13.8 Å². The zero-order valence-electron chi connectivity index (χ0n) is 12.4. The predicted molar refractivity (Wildman–Crippen MR) is 78.5 cm³/mol. The smallest absolute Gasteiger partial charge is 0.293 e. The number of anilines is 1. The molecule has 0 aliphatic rings. The lowest BCUT2D eigenvalue weighted by Gasteiger charge is -2.24. The van der Waals surface area contributed by atoms with E-state index in [1.54, 1.807) is 6.92 Å². The number of benzene rings is 1. The number of hydrogen-bond donors (Lipinski definition) is 1. The third kappa shape index (κ3) is 3.68. The number of halogens is 1. The van der Waals surface area contributed by atoms with Gasteiger partial charge in [-0.1, -0.05) is 20.3 Å². The molecule has 7 heteroatoms. The average Bonchev–Trinajstić information content (AvgIpc) is 2.43. The number of amides is 1. The molecule has 1 atom stereocenters. The van der Waals surface area contributed by atoms with Crippen LogP contribution in [0.1, 0.15) is 37.6 Å². The number of carbonyl (C=O) groups excluding carboxylic acids is 1. The second-order valence-corrected chi connectivity index (χ2v) is 4.97. The number of nitrogens with two attached hydrogens (primary N) is 1. The Balaban J connectivity index is 3.22. The van der Waals surface area contributed by atoms with Crippen molar-refractivity contribution >= 4 is 17.3 Å². The Labute approximate surface area is 122 Å². The van der Waals surface area contributed by atoms with Crippen molar-refractivity contribution in [2.24, 2.45) is 5.92 Å². The molecule has 0 radical (unpaired) electrons. The van der Waals surface area contributed by atoms with E-state index in [0.717, 1.165) is 18.6 Å².